The summed E-state index contributed by atoms with van der Waals surface area (Å²) in [5, 5.41) is 11.3. The smallest absolute Gasteiger partial charge is 0.347 e. The number of esters is 4. The average Bonchev–Trinajstić information content (AvgIpc) is 3.36. The van der Waals surface area contributed by atoms with Crippen LogP contribution in [0.4, 0.5) is 0 Å². The van der Waals surface area contributed by atoms with Gasteiger partial charge in [-0.1, -0.05) is 27.7 Å². The summed E-state index contributed by atoms with van der Waals surface area (Å²) in [6.07, 6.45) is 9.69. The molecule has 49 heavy (non-hydrogen) atoms. The van der Waals surface area contributed by atoms with Gasteiger partial charge in [0.05, 0.1) is 29.5 Å². The molecule has 1 saturated heterocycles. The van der Waals surface area contributed by atoms with Gasteiger partial charge in [-0.15, -0.1) is 0 Å². The Morgan fingerprint density at radius 1 is 0.857 bits per heavy atom. The van der Waals surface area contributed by atoms with E-state index in [0.29, 0.717) is 48.9 Å². The van der Waals surface area contributed by atoms with Gasteiger partial charge in [-0.05, 0) is 133 Å². The van der Waals surface area contributed by atoms with Crippen LogP contribution in [0, 0.1) is 51.2 Å². The maximum Gasteiger partial charge on any atom is 0.347 e. The lowest BCUT2D eigenvalue weighted by Crippen LogP contribution is -2.65. The summed E-state index contributed by atoms with van der Waals surface area (Å²) in [5.41, 5.74) is -5.50. The van der Waals surface area contributed by atoms with Gasteiger partial charge in [0.25, 0.3) is 0 Å². The number of cyclic esters (lactones) is 1. The van der Waals surface area contributed by atoms with Crippen LogP contribution < -0.4 is 0 Å². The molecule has 9 aliphatic rings. The minimum absolute atomic E-state index is 0.159. The maximum atomic E-state index is 14.9. The number of aliphatic hydroxyl groups is 1. The van der Waals surface area contributed by atoms with E-state index in [0.717, 1.165) is 44.9 Å². The van der Waals surface area contributed by atoms with Crippen molar-refractivity contribution in [1.82, 2.24) is 0 Å². The number of rotatable bonds is 11. The summed E-state index contributed by atoms with van der Waals surface area (Å²) < 4.78 is 24.1. The molecular formula is C40H60O9. The summed E-state index contributed by atoms with van der Waals surface area (Å²) in [5.74, 6) is 0.514. The van der Waals surface area contributed by atoms with Crippen molar-refractivity contribution in [2.45, 2.75) is 168 Å². The zero-order chi connectivity index (χ0) is 35.4. The fourth-order valence-corrected chi connectivity index (χ4v) is 12.9. The number of carbonyl (C=O) groups is 4. The van der Waals surface area contributed by atoms with Crippen molar-refractivity contribution >= 4 is 23.9 Å². The van der Waals surface area contributed by atoms with Gasteiger partial charge in [-0.2, -0.15) is 0 Å². The third kappa shape index (κ3) is 5.74. The van der Waals surface area contributed by atoms with Crippen LogP contribution in [0.25, 0.3) is 0 Å². The lowest BCUT2D eigenvalue weighted by Gasteiger charge is -2.65. The molecule has 0 spiro atoms. The second kappa shape index (κ2) is 11.4. The Morgan fingerprint density at radius 3 is 2.02 bits per heavy atom. The maximum absolute atomic E-state index is 14.9. The minimum atomic E-state index is -1.16. The van der Waals surface area contributed by atoms with E-state index in [9.17, 15) is 24.3 Å². The van der Waals surface area contributed by atoms with Crippen LogP contribution in [0.1, 0.15) is 145 Å². The largest absolute Gasteiger partial charge is 0.463 e. The fraction of sp³-hybridized carbons (Fsp3) is 0.900. The summed E-state index contributed by atoms with van der Waals surface area (Å²) in [4.78, 5) is 55.2. The van der Waals surface area contributed by atoms with Crippen LogP contribution in [0.2, 0.25) is 0 Å². The Bertz CT molecular complexity index is 1370. The zero-order valence-corrected chi connectivity index (χ0v) is 31.0. The SMILES string of the molecule is CCC(C)(C(=O)OC12CC3CC(CC(C3)C1(C)C)C2)C(C)(CC(=O)OC1CCOC1=O)CC(C)(C)C(=O)OC12CC3CC(CC(O)(C3)C1)C2. The van der Waals surface area contributed by atoms with Gasteiger partial charge in [0.1, 0.15) is 11.2 Å². The molecule has 0 radical (unpaired) electrons. The van der Waals surface area contributed by atoms with Gasteiger partial charge in [0.2, 0.25) is 6.10 Å². The summed E-state index contributed by atoms with van der Waals surface area (Å²) in [7, 11) is 0. The molecule has 0 amide bonds. The van der Waals surface area contributed by atoms with Crippen LogP contribution in [0.15, 0.2) is 0 Å². The summed E-state index contributed by atoms with van der Waals surface area (Å²) in [6, 6.07) is 0. The second-order valence-electron chi connectivity index (χ2n) is 19.8. The summed E-state index contributed by atoms with van der Waals surface area (Å²) >= 11 is 0. The van der Waals surface area contributed by atoms with E-state index in [1.54, 1.807) is 0 Å². The van der Waals surface area contributed by atoms with Gasteiger partial charge in [-0.3, -0.25) is 14.4 Å². The second-order valence-corrected chi connectivity index (χ2v) is 19.8. The molecule has 7 atom stereocenters. The molecule has 9 nitrogen and oxygen atoms in total. The van der Waals surface area contributed by atoms with Crippen LogP contribution in [0.5, 0.6) is 0 Å². The highest BCUT2D eigenvalue weighted by atomic mass is 16.6. The fourth-order valence-electron chi connectivity index (χ4n) is 12.9. The minimum Gasteiger partial charge on any atom is -0.463 e. The summed E-state index contributed by atoms with van der Waals surface area (Å²) in [6.45, 7) is 14.1. The van der Waals surface area contributed by atoms with Crippen molar-refractivity contribution in [2.75, 3.05) is 6.61 Å². The van der Waals surface area contributed by atoms with Crippen molar-refractivity contribution in [1.29, 1.82) is 0 Å². The third-order valence-electron chi connectivity index (χ3n) is 15.5. The van der Waals surface area contributed by atoms with Crippen LogP contribution >= 0.6 is 0 Å². The van der Waals surface area contributed by atoms with E-state index in [-0.39, 0.29) is 36.8 Å². The van der Waals surface area contributed by atoms with Gasteiger partial charge >= 0.3 is 23.9 Å². The van der Waals surface area contributed by atoms with Crippen molar-refractivity contribution in [3.63, 3.8) is 0 Å². The molecule has 1 heterocycles. The first-order valence-corrected chi connectivity index (χ1v) is 19.3. The molecule has 1 N–H and O–H groups in total. The molecule has 9 heteroatoms. The highest BCUT2D eigenvalue weighted by molar-refractivity contribution is 5.83. The third-order valence-corrected chi connectivity index (χ3v) is 15.5. The number of carbonyl (C=O) groups excluding carboxylic acids is 4. The Labute approximate surface area is 292 Å². The Morgan fingerprint density at radius 2 is 1.47 bits per heavy atom. The molecule has 274 valence electrons. The molecule has 8 saturated carbocycles. The van der Waals surface area contributed by atoms with Crippen molar-refractivity contribution in [2.24, 2.45) is 51.2 Å². The highest BCUT2D eigenvalue weighted by Gasteiger charge is 2.66. The van der Waals surface area contributed by atoms with E-state index in [1.165, 1.54) is 19.3 Å². The molecule has 0 aromatic carbocycles. The molecule has 7 unspecified atom stereocenters. The molecule has 0 aromatic heterocycles. The van der Waals surface area contributed by atoms with E-state index in [2.05, 4.69) is 13.8 Å². The van der Waals surface area contributed by atoms with E-state index in [4.69, 9.17) is 18.9 Å². The number of ether oxygens (including phenoxy) is 4. The quantitative estimate of drug-likeness (QED) is 0.184. The molecule has 8 bridgehead atoms. The molecule has 0 aromatic rings. The van der Waals surface area contributed by atoms with Crippen LogP contribution in [-0.2, 0) is 38.1 Å². The average molecular weight is 685 g/mol. The van der Waals surface area contributed by atoms with Crippen molar-refractivity contribution in [3.8, 4) is 0 Å². The van der Waals surface area contributed by atoms with Crippen molar-refractivity contribution in [3.05, 3.63) is 0 Å². The first kappa shape index (κ1) is 35.3. The van der Waals surface area contributed by atoms with Gasteiger partial charge in [-0.25, -0.2) is 4.79 Å². The lowest BCUT2D eigenvalue weighted by atomic mass is 9.44. The molecule has 9 fully saturated rings. The van der Waals surface area contributed by atoms with Gasteiger partial charge in [0.15, 0.2) is 0 Å². The lowest BCUT2D eigenvalue weighted by molar-refractivity contribution is -0.247. The van der Waals surface area contributed by atoms with E-state index >= 15 is 0 Å². The Hall–Kier alpha value is -2.16. The normalized spacial score (nSPS) is 42.2. The number of hydrogen-bond acceptors (Lipinski definition) is 9. The van der Waals surface area contributed by atoms with Gasteiger partial charge in [0, 0.05) is 18.3 Å². The van der Waals surface area contributed by atoms with Crippen molar-refractivity contribution < 1.29 is 43.2 Å². The first-order valence-electron chi connectivity index (χ1n) is 19.3. The monoisotopic (exact) mass is 684 g/mol. The van der Waals surface area contributed by atoms with Crippen LogP contribution in [0.3, 0.4) is 0 Å². The van der Waals surface area contributed by atoms with Crippen LogP contribution in [-0.4, -0.2) is 58.5 Å². The topological polar surface area (TPSA) is 125 Å². The zero-order valence-electron chi connectivity index (χ0n) is 31.0. The predicted octanol–water partition coefficient (Wildman–Crippen LogP) is 6.85. The standard InChI is InChI=1S/C40H60O9/c1-8-37(7,33(44)49-40-19-24-11-25(20-40)14-28(13-24)35(40,4)5)36(6,21-30(41)47-29-9-10-46-31(29)42)22-34(2,3)32(43)48-39-17-26-12-27(18-39)16-38(45,15-26)23-39/h24-29,45H,8-23H2,1-7H3. The highest BCUT2D eigenvalue weighted by Crippen LogP contribution is 2.66. The molecule has 8 aliphatic carbocycles. The molecular weight excluding hydrogens is 624 g/mol. The Kier molecular flexibility index (Phi) is 8.22. The van der Waals surface area contributed by atoms with E-state index in [1.807, 2.05) is 34.6 Å². The number of hydrogen-bond donors (Lipinski definition) is 1. The Balaban J connectivity index is 1.16. The van der Waals surface area contributed by atoms with Gasteiger partial charge < -0.3 is 24.1 Å². The first-order chi connectivity index (χ1) is 22.7. The molecule has 1 aliphatic heterocycles. The van der Waals surface area contributed by atoms with E-state index < -0.39 is 51.1 Å². The molecule has 9 rings (SSSR count). The predicted molar refractivity (Wildman–Crippen MR) is 180 cm³/mol.